The zero-order valence-electron chi connectivity index (χ0n) is 14.7. The minimum absolute atomic E-state index is 0.403. The van der Waals surface area contributed by atoms with Crippen LogP contribution in [0.5, 0.6) is 11.5 Å². The molecular weight excluding hydrogens is 299 g/mol. The SMILES string of the molecule is COc1cc(OC)cc(C2CCC(c3ccc(B(C)O)cc3)C2)c1. The van der Waals surface area contributed by atoms with Crippen LogP contribution in [0.15, 0.2) is 42.5 Å². The van der Waals surface area contributed by atoms with Gasteiger partial charge in [0.15, 0.2) is 0 Å². The highest BCUT2D eigenvalue weighted by Crippen LogP contribution is 2.44. The maximum Gasteiger partial charge on any atom is 0.320 e. The van der Waals surface area contributed by atoms with Crippen molar-refractivity contribution in [2.45, 2.75) is 37.9 Å². The largest absolute Gasteiger partial charge is 0.497 e. The lowest BCUT2D eigenvalue weighted by Gasteiger charge is -2.15. The number of hydrogen-bond acceptors (Lipinski definition) is 3. The molecule has 2 atom stereocenters. The first-order valence-corrected chi connectivity index (χ1v) is 8.61. The van der Waals surface area contributed by atoms with Gasteiger partial charge in [-0.2, -0.15) is 0 Å². The Morgan fingerprint density at radius 2 is 1.42 bits per heavy atom. The van der Waals surface area contributed by atoms with Crippen molar-refractivity contribution in [2.24, 2.45) is 0 Å². The second kappa shape index (κ2) is 7.31. The fraction of sp³-hybridized carbons (Fsp3) is 0.400. The molecular formula is C20H25BO3. The van der Waals surface area contributed by atoms with E-state index in [1.54, 1.807) is 21.0 Å². The van der Waals surface area contributed by atoms with Crippen LogP contribution >= 0.6 is 0 Å². The average molecular weight is 324 g/mol. The second-order valence-corrected chi connectivity index (χ2v) is 6.70. The van der Waals surface area contributed by atoms with Crippen LogP contribution in [0.4, 0.5) is 0 Å². The van der Waals surface area contributed by atoms with Gasteiger partial charge in [-0.1, -0.05) is 31.1 Å². The van der Waals surface area contributed by atoms with E-state index in [1.165, 1.54) is 24.0 Å². The molecule has 1 fully saturated rings. The Balaban J connectivity index is 1.75. The zero-order chi connectivity index (χ0) is 17.1. The first kappa shape index (κ1) is 16.9. The van der Waals surface area contributed by atoms with Crippen molar-refractivity contribution in [3.8, 4) is 11.5 Å². The summed E-state index contributed by atoms with van der Waals surface area (Å²) in [6.45, 7) is 1.40. The standard InChI is InChI=1S/C20H25BO3/c1-21(22)18-8-6-14(7-9-18)15-4-5-16(10-15)17-11-19(23-2)13-20(12-17)24-3/h6-9,11-13,15-16,22H,4-5,10H2,1-3H3. The van der Waals surface area contributed by atoms with Crippen LogP contribution in [0.1, 0.15) is 42.2 Å². The minimum Gasteiger partial charge on any atom is -0.497 e. The lowest BCUT2D eigenvalue weighted by molar-refractivity contribution is 0.392. The Bertz CT molecular complexity index is 660. The van der Waals surface area contributed by atoms with E-state index in [0.29, 0.717) is 11.8 Å². The summed E-state index contributed by atoms with van der Waals surface area (Å²) < 4.78 is 10.8. The minimum atomic E-state index is -0.403. The molecule has 1 aliphatic carbocycles. The predicted molar refractivity (Wildman–Crippen MR) is 98.8 cm³/mol. The van der Waals surface area contributed by atoms with Crippen molar-refractivity contribution in [2.75, 3.05) is 14.2 Å². The van der Waals surface area contributed by atoms with Crippen LogP contribution < -0.4 is 14.9 Å². The van der Waals surface area contributed by atoms with Gasteiger partial charge < -0.3 is 14.5 Å². The number of ether oxygens (including phenoxy) is 2. The van der Waals surface area contributed by atoms with Crippen LogP contribution in [0.3, 0.4) is 0 Å². The summed E-state index contributed by atoms with van der Waals surface area (Å²) in [5.74, 6) is 2.83. The molecule has 1 saturated carbocycles. The van der Waals surface area contributed by atoms with E-state index in [0.717, 1.165) is 23.4 Å². The van der Waals surface area contributed by atoms with Crippen LogP contribution in [-0.4, -0.2) is 26.2 Å². The molecule has 2 aromatic carbocycles. The van der Waals surface area contributed by atoms with Crippen molar-refractivity contribution in [1.82, 2.24) is 0 Å². The molecule has 126 valence electrons. The van der Waals surface area contributed by atoms with Crippen LogP contribution in [-0.2, 0) is 0 Å². The number of rotatable bonds is 5. The first-order chi connectivity index (χ1) is 11.6. The van der Waals surface area contributed by atoms with Gasteiger partial charge in [-0.3, -0.25) is 0 Å². The third-order valence-electron chi connectivity index (χ3n) is 5.17. The van der Waals surface area contributed by atoms with E-state index in [9.17, 15) is 5.02 Å². The van der Waals surface area contributed by atoms with Gasteiger partial charge in [0, 0.05) is 6.07 Å². The highest BCUT2D eigenvalue weighted by molar-refractivity contribution is 6.64. The molecule has 3 nitrogen and oxygen atoms in total. The average Bonchev–Trinajstić information content (AvgIpc) is 3.11. The van der Waals surface area contributed by atoms with Gasteiger partial charge in [-0.05, 0) is 59.8 Å². The Hall–Kier alpha value is -1.94. The summed E-state index contributed by atoms with van der Waals surface area (Å²) in [6.07, 6.45) is 3.52. The second-order valence-electron chi connectivity index (χ2n) is 6.70. The Morgan fingerprint density at radius 1 is 0.875 bits per heavy atom. The normalized spacial score (nSPS) is 20.0. The molecule has 2 aromatic rings. The van der Waals surface area contributed by atoms with Gasteiger partial charge >= 0.3 is 6.92 Å². The highest BCUT2D eigenvalue weighted by atomic mass is 16.5. The number of benzene rings is 2. The molecule has 24 heavy (non-hydrogen) atoms. The summed E-state index contributed by atoms with van der Waals surface area (Å²) in [5, 5.41) is 9.65. The van der Waals surface area contributed by atoms with Crippen molar-refractivity contribution in [1.29, 1.82) is 0 Å². The monoisotopic (exact) mass is 324 g/mol. The molecule has 3 rings (SSSR count). The number of methoxy groups -OCH3 is 2. The summed E-state index contributed by atoms with van der Waals surface area (Å²) in [5.41, 5.74) is 3.65. The van der Waals surface area contributed by atoms with Crippen molar-refractivity contribution in [3.05, 3.63) is 53.6 Å². The molecule has 0 radical (unpaired) electrons. The molecule has 0 aromatic heterocycles. The topological polar surface area (TPSA) is 38.7 Å². The van der Waals surface area contributed by atoms with Gasteiger partial charge in [0.1, 0.15) is 11.5 Å². The summed E-state index contributed by atoms with van der Waals surface area (Å²) in [4.78, 5) is 0. The van der Waals surface area contributed by atoms with Crippen molar-refractivity contribution >= 4 is 12.4 Å². The third-order valence-corrected chi connectivity index (χ3v) is 5.17. The smallest absolute Gasteiger partial charge is 0.320 e. The molecule has 0 spiro atoms. The Labute approximate surface area is 144 Å². The van der Waals surface area contributed by atoms with Gasteiger partial charge in [0.2, 0.25) is 0 Å². The molecule has 0 bridgehead atoms. The molecule has 2 unspecified atom stereocenters. The predicted octanol–water partition coefficient (Wildman–Crippen LogP) is 3.58. The molecule has 4 heteroatoms. The quantitative estimate of drug-likeness (QED) is 0.855. The van der Waals surface area contributed by atoms with E-state index >= 15 is 0 Å². The van der Waals surface area contributed by atoms with E-state index in [4.69, 9.17) is 9.47 Å². The summed E-state index contributed by atoms with van der Waals surface area (Å²) >= 11 is 0. The molecule has 1 N–H and O–H groups in total. The number of hydrogen-bond donors (Lipinski definition) is 1. The molecule has 0 amide bonds. The van der Waals surface area contributed by atoms with Gasteiger partial charge in [0.05, 0.1) is 14.2 Å². The lowest BCUT2D eigenvalue weighted by Crippen LogP contribution is -2.25. The Kier molecular flexibility index (Phi) is 5.15. The Morgan fingerprint density at radius 3 is 1.92 bits per heavy atom. The maximum absolute atomic E-state index is 9.65. The van der Waals surface area contributed by atoms with Gasteiger partial charge in [0.25, 0.3) is 0 Å². The van der Waals surface area contributed by atoms with Crippen LogP contribution in [0, 0.1) is 0 Å². The van der Waals surface area contributed by atoms with E-state index in [1.807, 2.05) is 18.2 Å². The molecule has 0 saturated heterocycles. The summed E-state index contributed by atoms with van der Waals surface area (Å²) in [7, 11) is 3.39. The summed E-state index contributed by atoms with van der Waals surface area (Å²) in [6, 6.07) is 14.6. The van der Waals surface area contributed by atoms with Gasteiger partial charge in [-0.15, -0.1) is 0 Å². The fourth-order valence-corrected chi connectivity index (χ4v) is 3.70. The van der Waals surface area contributed by atoms with Gasteiger partial charge in [-0.25, -0.2) is 0 Å². The van der Waals surface area contributed by atoms with Crippen LogP contribution in [0.25, 0.3) is 0 Å². The molecule has 1 aliphatic rings. The lowest BCUT2D eigenvalue weighted by atomic mass is 9.64. The van der Waals surface area contributed by atoms with Crippen molar-refractivity contribution in [3.63, 3.8) is 0 Å². The fourth-order valence-electron chi connectivity index (χ4n) is 3.70. The highest BCUT2D eigenvalue weighted by Gasteiger charge is 2.27. The zero-order valence-corrected chi connectivity index (χ0v) is 14.7. The van der Waals surface area contributed by atoms with Crippen LogP contribution in [0.2, 0.25) is 6.82 Å². The van der Waals surface area contributed by atoms with Crippen molar-refractivity contribution < 1.29 is 14.5 Å². The molecule has 0 aliphatic heterocycles. The maximum atomic E-state index is 9.65. The first-order valence-electron chi connectivity index (χ1n) is 8.61. The third kappa shape index (κ3) is 3.59. The van der Waals surface area contributed by atoms with E-state index in [-0.39, 0.29) is 0 Å². The molecule has 0 heterocycles. The van der Waals surface area contributed by atoms with E-state index < -0.39 is 6.92 Å². The van der Waals surface area contributed by atoms with E-state index in [2.05, 4.69) is 24.3 Å².